The van der Waals surface area contributed by atoms with Crippen LogP contribution in [0.1, 0.15) is 24.5 Å². The van der Waals surface area contributed by atoms with Crippen LogP contribution < -0.4 is 16.4 Å². The number of nitrogens with two attached hydrogens (primary N) is 2. The summed E-state index contributed by atoms with van der Waals surface area (Å²) in [6, 6.07) is 4.08. The van der Waals surface area contributed by atoms with Crippen LogP contribution >= 0.6 is 0 Å². The van der Waals surface area contributed by atoms with E-state index in [4.69, 9.17) is 11.5 Å². The van der Waals surface area contributed by atoms with Crippen LogP contribution in [0, 0.1) is 5.41 Å². The van der Waals surface area contributed by atoms with E-state index in [1.165, 1.54) is 6.07 Å². The summed E-state index contributed by atoms with van der Waals surface area (Å²) in [5, 5.41) is 0. The molecule has 0 spiro atoms. The van der Waals surface area contributed by atoms with Gasteiger partial charge in [-0.15, -0.1) is 0 Å². The van der Waals surface area contributed by atoms with Crippen LogP contribution in [0.25, 0.3) is 0 Å². The smallest absolute Gasteiger partial charge is 0.370 e. The lowest BCUT2D eigenvalue weighted by Crippen LogP contribution is -2.37. The fourth-order valence-electron chi connectivity index (χ4n) is 2.59. The molecule has 0 radical (unpaired) electrons. The number of hydrogen-bond acceptors (Lipinski definition) is 3. The lowest BCUT2D eigenvalue weighted by Gasteiger charge is -2.24. The first-order chi connectivity index (χ1) is 9.67. The van der Waals surface area contributed by atoms with Crippen LogP contribution in [-0.4, -0.2) is 19.0 Å². The number of amides is 1. The molecular formula is C14H18F3N3O. The zero-order chi connectivity index (χ0) is 15.8. The molecule has 1 heterocycles. The Morgan fingerprint density at radius 2 is 2.10 bits per heavy atom. The number of primary amides is 1. The molecule has 1 aliphatic heterocycles. The van der Waals surface area contributed by atoms with E-state index in [1.807, 2.05) is 0 Å². The van der Waals surface area contributed by atoms with Crippen LogP contribution in [-0.2, 0) is 17.5 Å². The van der Waals surface area contributed by atoms with Gasteiger partial charge in [-0.25, -0.2) is 0 Å². The Morgan fingerprint density at radius 1 is 1.43 bits per heavy atom. The van der Waals surface area contributed by atoms with E-state index in [0.717, 1.165) is 6.07 Å². The molecule has 116 valence electrons. The van der Waals surface area contributed by atoms with Crippen molar-refractivity contribution in [3.05, 3.63) is 29.3 Å². The molecule has 1 amide bonds. The molecule has 1 unspecified atom stereocenters. The topological polar surface area (TPSA) is 72.4 Å². The minimum atomic E-state index is -4.45. The quantitative estimate of drug-likeness (QED) is 0.895. The zero-order valence-corrected chi connectivity index (χ0v) is 11.7. The fourth-order valence-corrected chi connectivity index (χ4v) is 2.59. The maximum atomic E-state index is 13.0. The highest BCUT2D eigenvalue weighted by molar-refractivity contribution is 5.82. The summed E-state index contributed by atoms with van der Waals surface area (Å²) in [7, 11) is 0. The molecule has 1 atom stereocenters. The van der Waals surface area contributed by atoms with Gasteiger partial charge in [0.1, 0.15) is 0 Å². The Morgan fingerprint density at radius 3 is 2.57 bits per heavy atom. The monoisotopic (exact) mass is 301 g/mol. The first-order valence-corrected chi connectivity index (χ1v) is 6.62. The van der Waals surface area contributed by atoms with Crippen molar-refractivity contribution in [1.29, 1.82) is 0 Å². The van der Waals surface area contributed by atoms with Gasteiger partial charge in [0.05, 0.1) is 11.0 Å². The van der Waals surface area contributed by atoms with Gasteiger partial charge < -0.3 is 16.4 Å². The Hall–Kier alpha value is -1.76. The maximum absolute atomic E-state index is 13.0. The lowest BCUT2D eigenvalue weighted by atomic mass is 9.89. The molecule has 1 fully saturated rings. The number of rotatable bonds is 3. The van der Waals surface area contributed by atoms with E-state index in [0.29, 0.717) is 25.2 Å². The van der Waals surface area contributed by atoms with E-state index < -0.39 is 23.1 Å². The van der Waals surface area contributed by atoms with Gasteiger partial charge in [0.2, 0.25) is 5.91 Å². The lowest BCUT2D eigenvalue weighted by molar-refractivity contribution is -0.138. The second-order valence-electron chi connectivity index (χ2n) is 5.64. The van der Waals surface area contributed by atoms with Crippen molar-refractivity contribution in [2.24, 2.45) is 16.9 Å². The number of halogens is 3. The highest BCUT2D eigenvalue weighted by Gasteiger charge is 2.40. The molecule has 2 rings (SSSR count). The van der Waals surface area contributed by atoms with Gasteiger partial charge in [0.15, 0.2) is 0 Å². The number of hydrogen-bond donors (Lipinski definition) is 2. The average molecular weight is 301 g/mol. The third kappa shape index (κ3) is 2.97. The summed E-state index contributed by atoms with van der Waals surface area (Å²) in [6.45, 7) is 2.38. The summed E-state index contributed by atoms with van der Waals surface area (Å²) in [4.78, 5) is 13.2. The summed E-state index contributed by atoms with van der Waals surface area (Å²) in [5.74, 6) is -0.431. The predicted octanol–water partition coefficient (Wildman–Crippen LogP) is 1.87. The van der Waals surface area contributed by atoms with Crippen molar-refractivity contribution in [3.63, 3.8) is 0 Å². The SMILES string of the molecule is CC1(C(N)=O)CCN(c2ccc(CN)c(C(F)(F)F)c2)C1. The minimum absolute atomic E-state index is 0.0584. The van der Waals surface area contributed by atoms with Crippen molar-refractivity contribution in [2.75, 3.05) is 18.0 Å². The molecule has 1 aromatic carbocycles. The number of carbonyl (C=O) groups excluding carboxylic acids is 1. The van der Waals surface area contributed by atoms with Crippen LogP contribution in [0.5, 0.6) is 0 Å². The summed E-state index contributed by atoms with van der Waals surface area (Å²) in [5.41, 5.74) is 9.78. The van der Waals surface area contributed by atoms with Gasteiger partial charge in [0.25, 0.3) is 0 Å². The normalized spacial score (nSPS) is 22.6. The second-order valence-corrected chi connectivity index (χ2v) is 5.64. The molecule has 21 heavy (non-hydrogen) atoms. The average Bonchev–Trinajstić information content (AvgIpc) is 2.81. The van der Waals surface area contributed by atoms with Gasteiger partial charge >= 0.3 is 6.18 Å². The van der Waals surface area contributed by atoms with E-state index in [-0.39, 0.29) is 12.1 Å². The van der Waals surface area contributed by atoms with Gasteiger partial charge in [-0.1, -0.05) is 6.07 Å². The maximum Gasteiger partial charge on any atom is 0.416 e. The molecule has 0 saturated carbocycles. The predicted molar refractivity (Wildman–Crippen MR) is 73.5 cm³/mol. The number of carbonyl (C=O) groups is 1. The molecule has 7 heteroatoms. The number of nitrogens with zero attached hydrogens (tertiary/aromatic N) is 1. The highest BCUT2D eigenvalue weighted by atomic mass is 19.4. The summed E-state index contributed by atoms with van der Waals surface area (Å²) < 4.78 is 39.1. The van der Waals surface area contributed by atoms with Crippen molar-refractivity contribution < 1.29 is 18.0 Å². The molecule has 4 N–H and O–H groups in total. The Bertz CT molecular complexity index is 559. The van der Waals surface area contributed by atoms with E-state index >= 15 is 0 Å². The number of anilines is 1. The zero-order valence-electron chi connectivity index (χ0n) is 11.7. The Balaban J connectivity index is 2.33. The molecule has 1 aromatic rings. The second kappa shape index (κ2) is 5.22. The largest absolute Gasteiger partial charge is 0.416 e. The summed E-state index contributed by atoms with van der Waals surface area (Å²) in [6.07, 6.45) is -3.92. The molecule has 0 aromatic heterocycles. The Kier molecular flexibility index (Phi) is 3.88. The van der Waals surface area contributed by atoms with Crippen LogP contribution in [0.4, 0.5) is 18.9 Å². The summed E-state index contributed by atoms with van der Waals surface area (Å²) >= 11 is 0. The first kappa shape index (κ1) is 15.6. The van der Waals surface area contributed by atoms with Crippen molar-refractivity contribution >= 4 is 11.6 Å². The van der Waals surface area contributed by atoms with Gasteiger partial charge in [-0.3, -0.25) is 4.79 Å². The molecular weight excluding hydrogens is 283 g/mol. The van der Waals surface area contributed by atoms with Crippen molar-refractivity contribution in [1.82, 2.24) is 0 Å². The van der Waals surface area contributed by atoms with Crippen LogP contribution in [0.3, 0.4) is 0 Å². The third-order valence-corrected chi connectivity index (χ3v) is 4.05. The van der Waals surface area contributed by atoms with E-state index in [9.17, 15) is 18.0 Å². The molecule has 1 saturated heterocycles. The first-order valence-electron chi connectivity index (χ1n) is 6.62. The molecule has 4 nitrogen and oxygen atoms in total. The Labute approximate surface area is 120 Å². The highest BCUT2D eigenvalue weighted by Crippen LogP contribution is 2.37. The fraction of sp³-hybridized carbons (Fsp3) is 0.500. The molecule has 0 bridgehead atoms. The van der Waals surface area contributed by atoms with Crippen LogP contribution in [0.2, 0.25) is 0 Å². The van der Waals surface area contributed by atoms with Gasteiger partial charge in [-0.2, -0.15) is 13.2 Å². The van der Waals surface area contributed by atoms with Crippen molar-refractivity contribution in [3.8, 4) is 0 Å². The van der Waals surface area contributed by atoms with E-state index in [1.54, 1.807) is 17.9 Å². The standard InChI is InChI=1S/C14H18F3N3O/c1-13(12(19)21)4-5-20(8-13)10-3-2-9(7-18)11(6-10)14(15,16)17/h2-3,6H,4-5,7-8,18H2,1H3,(H2,19,21). The molecule has 0 aliphatic carbocycles. The minimum Gasteiger partial charge on any atom is -0.370 e. The van der Waals surface area contributed by atoms with Crippen LogP contribution in [0.15, 0.2) is 18.2 Å². The van der Waals surface area contributed by atoms with E-state index in [2.05, 4.69) is 0 Å². The third-order valence-electron chi connectivity index (χ3n) is 4.05. The van der Waals surface area contributed by atoms with Gasteiger partial charge in [-0.05, 0) is 31.0 Å². The molecule has 1 aliphatic rings. The number of alkyl halides is 3. The number of benzene rings is 1. The van der Waals surface area contributed by atoms with Gasteiger partial charge in [0, 0.05) is 25.3 Å². The van der Waals surface area contributed by atoms with Crippen molar-refractivity contribution in [2.45, 2.75) is 26.1 Å².